The largest absolute Gasteiger partial charge is 0.465 e. The Morgan fingerprint density at radius 2 is 1.59 bits per heavy atom. The lowest BCUT2D eigenvalue weighted by Crippen LogP contribution is -2.47. The van der Waals surface area contributed by atoms with Gasteiger partial charge >= 0.3 is 5.97 Å². The molecule has 116 valence electrons. The second-order valence-electron chi connectivity index (χ2n) is 5.76. The molecule has 0 aliphatic carbocycles. The van der Waals surface area contributed by atoms with Gasteiger partial charge in [0.1, 0.15) is 5.54 Å². The predicted molar refractivity (Wildman–Crippen MR) is 89.4 cm³/mol. The first kappa shape index (κ1) is 16.2. The third-order valence-electron chi connectivity index (χ3n) is 3.58. The molecule has 0 radical (unpaired) electrons. The van der Waals surface area contributed by atoms with E-state index in [1.165, 1.54) is 11.1 Å². The summed E-state index contributed by atoms with van der Waals surface area (Å²) in [7, 11) is 0. The van der Waals surface area contributed by atoms with Crippen LogP contribution in [0.2, 0.25) is 0 Å². The van der Waals surface area contributed by atoms with Crippen molar-refractivity contribution in [1.29, 1.82) is 0 Å². The first-order chi connectivity index (χ1) is 10.5. The van der Waals surface area contributed by atoms with Crippen LogP contribution in [0.15, 0.2) is 54.6 Å². The summed E-state index contributed by atoms with van der Waals surface area (Å²) in [6.45, 7) is 6.51. The molecule has 0 aliphatic heterocycles. The SMILES string of the molecule is CCOC(=O)C(C)(C)NCc1ccc(-c2ccccc2)cc1. The van der Waals surface area contributed by atoms with Gasteiger partial charge in [0.25, 0.3) is 0 Å². The lowest BCUT2D eigenvalue weighted by Gasteiger charge is -2.24. The molecule has 0 aromatic heterocycles. The van der Waals surface area contributed by atoms with E-state index in [2.05, 4.69) is 41.7 Å². The van der Waals surface area contributed by atoms with Crippen molar-refractivity contribution in [3.8, 4) is 11.1 Å². The molecule has 0 amide bonds. The molecule has 0 heterocycles. The van der Waals surface area contributed by atoms with E-state index in [0.29, 0.717) is 13.2 Å². The average Bonchev–Trinajstić information content (AvgIpc) is 2.54. The number of hydrogen-bond acceptors (Lipinski definition) is 3. The first-order valence-electron chi connectivity index (χ1n) is 7.59. The topological polar surface area (TPSA) is 38.3 Å². The van der Waals surface area contributed by atoms with E-state index in [1.54, 1.807) is 0 Å². The molecule has 3 nitrogen and oxygen atoms in total. The maximum absolute atomic E-state index is 11.8. The van der Waals surface area contributed by atoms with Gasteiger partial charge < -0.3 is 4.74 Å². The summed E-state index contributed by atoms with van der Waals surface area (Å²) < 4.78 is 5.07. The Balaban J connectivity index is 1.99. The molecule has 0 bridgehead atoms. The lowest BCUT2D eigenvalue weighted by atomic mass is 10.0. The summed E-state index contributed by atoms with van der Waals surface area (Å²) in [5, 5.41) is 3.24. The smallest absolute Gasteiger partial charge is 0.325 e. The third kappa shape index (κ3) is 4.18. The van der Waals surface area contributed by atoms with E-state index < -0.39 is 5.54 Å². The number of carbonyl (C=O) groups is 1. The zero-order valence-electron chi connectivity index (χ0n) is 13.4. The van der Waals surface area contributed by atoms with Crippen molar-refractivity contribution < 1.29 is 9.53 Å². The summed E-state index contributed by atoms with van der Waals surface area (Å²) in [6.07, 6.45) is 0. The van der Waals surface area contributed by atoms with E-state index in [1.807, 2.05) is 39.0 Å². The minimum absolute atomic E-state index is 0.226. The molecule has 0 saturated carbocycles. The Kier molecular flexibility index (Phi) is 5.34. The first-order valence-corrected chi connectivity index (χ1v) is 7.59. The van der Waals surface area contributed by atoms with E-state index >= 15 is 0 Å². The van der Waals surface area contributed by atoms with Crippen LogP contribution in [-0.4, -0.2) is 18.1 Å². The van der Waals surface area contributed by atoms with Gasteiger partial charge in [-0.1, -0.05) is 54.6 Å². The van der Waals surface area contributed by atoms with Gasteiger partial charge in [-0.2, -0.15) is 0 Å². The Bertz CT molecular complexity index is 603. The Morgan fingerprint density at radius 1 is 1.00 bits per heavy atom. The molecule has 0 fully saturated rings. The van der Waals surface area contributed by atoms with Crippen molar-refractivity contribution in [1.82, 2.24) is 5.32 Å². The second kappa shape index (κ2) is 7.23. The van der Waals surface area contributed by atoms with Crippen molar-refractivity contribution in [3.63, 3.8) is 0 Å². The van der Waals surface area contributed by atoms with Crippen LogP contribution in [0.25, 0.3) is 11.1 Å². The standard InChI is InChI=1S/C19H23NO2/c1-4-22-18(21)19(2,3)20-14-15-10-12-17(13-11-15)16-8-6-5-7-9-16/h5-13,20H,4,14H2,1-3H3. The molecule has 0 atom stereocenters. The molecular weight excluding hydrogens is 274 g/mol. The molecule has 0 spiro atoms. The Morgan fingerprint density at radius 3 is 2.18 bits per heavy atom. The highest BCUT2D eigenvalue weighted by molar-refractivity contribution is 5.79. The normalized spacial score (nSPS) is 11.2. The van der Waals surface area contributed by atoms with Gasteiger partial charge in [0.05, 0.1) is 6.61 Å². The highest BCUT2D eigenvalue weighted by atomic mass is 16.5. The van der Waals surface area contributed by atoms with Crippen LogP contribution in [0.4, 0.5) is 0 Å². The summed E-state index contributed by atoms with van der Waals surface area (Å²) in [5.41, 5.74) is 2.84. The fourth-order valence-corrected chi connectivity index (χ4v) is 2.15. The summed E-state index contributed by atoms with van der Waals surface area (Å²) in [4.78, 5) is 11.8. The zero-order chi connectivity index (χ0) is 16.0. The van der Waals surface area contributed by atoms with Crippen molar-refractivity contribution in [2.75, 3.05) is 6.61 Å². The number of nitrogens with one attached hydrogen (secondary N) is 1. The second-order valence-corrected chi connectivity index (χ2v) is 5.76. The van der Waals surface area contributed by atoms with Crippen molar-refractivity contribution >= 4 is 5.97 Å². The minimum Gasteiger partial charge on any atom is -0.465 e. The molecule has 3 heteroatoms. The maximum Gasteiger partial charge on any atom is 0.325 e. The fourth-order valence-electron chi connectivity index (χ4n) is 2.15. The molecule has 0 saturated heterocycles. The monoisotopic (exact) mass is 297 g/mol. The van der Waals surface area contributed by atoms with Crippen LogP contribution in [0.3, 0.4) is 0 Å². The minimum atomic E-state index is -0.686. The van der Waals surface area contributed by atoms with Gasteiger partial charge in [0.2, 0.25) is 0 Å². The maximum atomic E-state index is 11.8. The molecule has 0 unspecified atom stereocenters. The molecule has 2 aromatic rings. The molecular formula is C19H23NO2. The van der Waals surface area contributed by atoms with Crippen LogP contribution in [0.5, 0.6) is 0 Å². The molecule has 1 N–H and O–H groups in total. The van der Waals surface area contributed by atoms with Gasteiger partial charge in [-0.3, -0.25) is 10.1 Å². The molecule has 0 aliphatic rings. The van der Waals surface area contributed by atoms with E-state index in [9.17, 15) is 4.79 Å². The van der Waals surface area contributed by atoms with E-state index in [0.717, 1.165) is 5.56 Å². The van der Waals surface area contributed by atoms with Gasteiger partial charge in [-0.25, -0.2) is 0 Å². The zero-order valence-corrected chi connectivity index (χ0v) is 13.4. The molecule has 2 aromatic carbocycles. The number of hydrogen-bond donors (Lipinski definition) is 1. The quantitative estimate of drug-likeness (QED) is 0.825. The van der Waals surface area contributed by atoms with Crippen LogP contribution in [0.1, 0.15) is 26.3 Å². The molecule has 22 heavy (non-hydrogen) atoms. The Labute approximate surface area is 132 Å². The van der Waals surface area contributed by atoms with Crippen LogP contribution >= 0.6 is 0 Å². The van der Waals surface area contributed by atoms with Gasteiger partial charge in [-0.15, -0.1) is 0 Å². The van der Waals surface area contributed by atoms with Crippen molar-refractivity contribution in [2.45, 2.75) is 32.9 Å². The Hall–Kier alpha value is -2.13. The lowest BCUT2D eigenvalue weighted by molar-refractivity contribution is -0.149. The number of rotatable bonds is 6. The van der Waals surface area contributed by atoms with Crippen LogP contribution in [-0.2, 0) is 16.1 Å². The predicted octanol–water partition coefficient (Wildman–Crippen LogP) is 3.78. The van der Waals surface area contributed by atoms with Crippen molar-refractivity contribution in [2.24, 2.45) is 0 Å². The number of benzene rings is 2. The van der Waals surface area contributed by atoms with E-state index in [-0.39, 0.29) is 5.97 Å². The van der Waals surface area contributed by atoms with Crippen LogP contribution in [0, 0.1) is 0 Å². The fraction of sp³-hybridized carbons (Fsp3) is 0.316. The number of carbonyl (C=O) groups excluding carboxylic acids is 1. The van der Waals surface area contributed by atoms with Gasteiger partial charge in [0, 0.05) is 6.54 Å². The van der Waals surface area contributed by atoms with Crippen LogP contribution < -0.4 is 5.32 Å². The van der Waals surface area contributed by atoms with Crippen molar-refractivity contribution in [3.05, 3.63) is 60.2 Å². The number of ether oxygens (including phenoxy) is 1. The summed E-state index contributed by atoms with van der Waals surface area (Å²) >= 11 is 0. The van der Waals surface area contributed by atoms with Gasteiger partial charge in [0.15, 0.2) is 0 Å². The van der Waals surface area contributed by atoms with E-state index in [4.69, 9.17) is 4.74 Å². The summed E-state index contributed by atoms with van der Waals surface area (Å²) in [6, 6.07) is 18.6. The van der Waals surface area contributed by atoms with Gasteiger partial charge in [-0.05, 0) is 37.5 Å². The summed E-state index contributed by atoms with van der Waals surface area (Å²) in [5.74, 6) is -0.226. The highest BCUT2D eigenvalue weighted by Gasteiger charge is 2.28. The highest BCUT2D eigenvalue weighted by Crippen LogP contribution is 2.19. The average molecular weight is 297 g/mol. The molecule has 2 rings (SSSR count). The number of esters is 1. The third-order valence-corrected chi connectivity index (χ3v) is 3.58.